The van der Waals surface area contributed by atoms with E-state index in [1.165, 1.54) is 0 Å². The quantitative estimate of drug-likeness (QED) is 0.851. The van der Waals surface area contributed by atoms with Gasteiger partial charge >= 0.3 is 6.18 Å². The minimum absolute atomic E-state index is 0.0117. The Morgan fingerprint density at radius 3 is 2.79 bits per heavy atom. The molecule has 6 heteroatoms. The summed E-state index contributed by atoms with van der Waals surface area (Å²) in [5.74, 6) is -1.16. The van der Waals surface area contributed by atoms with Crippen molar-refractivity contribution >= 4 is 0 Å². The van der Waals surface area contributed by atoms with Gasteiger partial charge in [0.25, 0.3) is 0 Å². The van der Waals surface area contributed by atoms with Gasteiger partial charge in [0, 0.05) is 31.7 Å². The van der Waals surface area contributed by atoms with E-state index in [-0.39, 0.29) is 18.4 Å². The number of nitrogens with zero attached hydrogens (tertiary/aromatic N) is 1. The van der Waals surface area contributed by atoms with Crippen molar-refractivity contribution < 1.29 is 17.9 Å². The van der Waals surface area contributed by atoms with Crippen LogP contribution in [-0.2, 0) is 4.74 Å². The molecule has 112 valence electrons. The lowest BCUT2D eigenvalue weighted by Crippen LogP contribution is -2.49. The highest BCUT2D eigenvalue weighted by atomic mass is 19.4. The Labute approximate surface area is 112 Å². The molecular formula is C13H23F3N2O. The Balaban J connectivity index is 1.94. The van der Waals surface area contributed by atoms with Crippen molar-refractivity contribution in [1.29, 1.82) is 0 Å². The van der Waals surface area contributed by atoms with Crippen LogP contribution < -0.4 is 5.32 Å². The van der Waals surface area contributed by atoms with Crippen molar-refractivity contribution in [3.05, 3.63) is 0 Å². The van der Waals surface area contributed by atoms with Crippen LogP contribution in [0.5, 0.6) is 0 Å². The van der Waals surface area contributed by atoms with Gasteiger partial charge < -0.3 is 15.0 Å². The number of likely N-dealkylation sites (tertiary alicyclic amines) is 1. The zero-order valence-corrected chi connectivity index (χ0v) is 11.4. The van der Waals surface area contributed by atoms with E-state index in [0.717, 1.165) is 26.1 Å². The van der Waals surface area contributed by atoms with Crippen molar-refractivity contribution in [3.8, 4) is 0 Å². The van der Waals surface area contributed by atoms with Gasteiger partial charge in [-0.2, -0.15) is 13.2 Å². The minimum atomic E-state index is -4.05. The number of rotatable bonds is 4. The molecule has 1 N–H and O–H groups in total. The average Bonchev–Trinajstić information content (AvgIpc) is 2.77. The van der Waals surface area contributed by atoms with E-state index in [4.69, 9.17) is 4.74 Å². The second kappa shape index (κ2) is 5.97. The molecule has 2 rings (SSSR count). The highest BCUT2D eigenvalue weighted by molar-refractivity contribution is 4.90. The molecule has 0 radical (unpaired) electrons. The average molecular weight is 280 g/mol. The lowest BCUT2D eigenvalue weighted by Gasteiger charge is -2.39. The van der Waals surface area contributed by atoms with Crippen LogP contribution in [0.25, 0.3) is 0 Å². The van der Waals surface area contributed by atoms with Crippen LogP contribution in [0.4, 0.5) is 13.2 Å². The summed E-state index contributed by atoms with van der Waals surface area (Å²) in [5, 5.41) is 3.15. The number of ether oxygens (including phenoxy) is 1. The SMILES string of the molecule is CNCC1(CN2CCCC(C(F)(F)F)C2)CCOC1. The predicted molar refractivity (Wildman–Crippen MR) is 67.0 cm³/mol. The van der Waals surface area contributed by atoms with Gasteiger partial charge in [-0.25, -0.2) is 0 Å². The molecule has 0 aromatic heterocycles. The first kappa shape index (κ1) is 15.1. The van der Waals surface area contributed by atoms with Crippen molar-refractivity contribution in [1.82, 2.24) is 10.2 Å². The van der Waals surface area contributed by atoms with Gasteiger partial charge in [0.05, 0.1) is 12.5 Å². The van der Waals surface area contributed by atoms with E-state index in [9.17, 15) is 13.2 Å². The van der Waals surface area contributed by atoms with Crippen LogP contribution in [0.1, 0.15) is 19.3 Å². The summed E-state index contributed by atoms with van der Waals surface area (Å²) in [6.45, 7) is 3.81. The van der Waals surface area contributed by atoms with Crippen LogP contribution in [0, 0.1) is 11.3 Å². The van der Waals surface area contributed by atoms with Gasteiger partial charge in [-0.15, -0.1) is 0 Å². The summed E-state index contributed by atoms with van der Waals surface area (Å²) < 4.78 is 43.9. The second-order valence-electron chi connectivity index (χ2n) is 5.95. The zero-order chi connectivity index (χ0) is 13.9. The maximum absolute atomic E-state index is 12.8. The normalized spacial score (nSPS) is 33.8. The molecule has 2 aliphatic rings. The standard InChI is InChI=1S/C13H23F3N2O/c1-17-8-12(4-6-19-10-12)9-18-5-2-3-11(7-18)13(14,15)16/h11,17H,2-10H2,1H3. The van der Waals surface area contributed by atoms with Crippen LogP contribution in [0.3, 0.4) is 0 Å². The molecule has 3 nitrogen and oxygen atoms in total. The molecule has 0 amide bonds. The molecule has 19 heavy (non-hydrogen) atoms. The fraction of sp³-hybridized carbons (Fsp3) is 1.00. The molecule has 0 aromatic rings. The Hall–Kier alpha value is -0.330. The zero-order valence-electron chi connectivity index (χ0n) is 11.4. The number of hydrogen-bond donors (Lipinski definition) is 1. The Bertz CT molecular complexity index is 290. The third-order valence-corrected chi connectivity index (χ3v) is 4.26. The van der Waals surface area contributed by atoms with Gasteiger partial charge in [-0.3, -0.25) is 0 Å². The molecule has 2 fully saturated rings. The highest BCUT2D eigenvalue weighted by Gasteiger charge is 2.44. The Kier molecular flexibility index (Phi) is 4.74. The third kappa shape index (κ3) is 3.83. The molecule has 0 spiro atoms. The maximum atomic E-state index is 12.8. The molecule has 0 saturated carbocycles. The third-order valence-electron chi connectivity index (χ3n) is 4.26. The fourth-order valence-electron chi connectivity index (χ4n) is 3.29. The smallest absolute Gasteiger partial charge is 0.381 e. The van der Waals surface area contributed by atoms with E-state index >= 15 is 0 Å². The van der Waals surface area contributed by atoms with Gasteiger partial charge in [0.15, 0.2) is 0 Å². The lowest BCUT2D eigenvalue weighted by atomic mass is 9.85. The summed E-state index contributed by atoms with van der Waals surface area (Å²) in [6.07, 6.45) is -2.21. The first-order valence-electron chi connectivity index (χ1n) is 6.97. The van der Waals surface area contributed by atoms with E-state index in [2.05, 4.69) is 5.32 Å². The van der Waals surface area contributed by atoms with Crippen LogP contribution in [0.15, 0.2) is 0 Å². The van der Waals surface area contributed by atoms with Crippen LogP contribution in [0.2, 0.25) is 0 Å². The summed E-state index contributed by atoms with van der Waals surface area (Å²) in [7, 11) is 1.88. The van der Waals surface area contributed by atoms with Gasteiger partial charge in [-0.1, -0.05) is 0 Å². The largest absolute Gasteiger partial charge is 0.393 e. The lowest BCUT2D eigenvalue weighted by molar-refractivity contribution is -0.187. The first-order valence-corrected chi connectivity index (χ1v) is 6.97. The van der Waals surface area contributed by atoms with Crippen molar-refractivity contribution in [2.75, 3.05) is 46.4 Å². The molecule has 0 aromatic carbocycles. The van der Waals surface area contributed by atoms with E-state index in [1.54, 1.807) is 0 Å². The Morgan fingerprint density at radius 2 is 2.21 bits per heavy atom. The molecule has 0 bridgehead atoms. The number of piperidine rings is 1. The molecule has 2 atom stereocenters. The molecule has 0 aliphatic carbocycles. The molecule has 2 unspecified atom stereocenters. The Morgan fingerprint density at radius 1 is 1.42 bits per heavy atom. The van der Waals surface area contributed by atoms with E-state index < -0.39 is 12.1 Å². The van der Waals surface area contributed by atoms with Gasteiger partial charge in [-0.05, 0) is 32.9 Å². The molecular weight excluding hydrogens is 257 g/mol. The predicted octanol–water partition coefficient (Wildman–Crippen LogP) is 1.89. The monoisotopic (exact) mass is 280 g/mol. The van der Waals surface area contributed by atoms with Crippen molar-refractivity contribution in [2.45, 2.75) is 25.4 Å². The fourth-order valence-corrected chi connectivity index (χ4v) is 3.29. The van der Waals surface area contributed by atoms with E-state index in [1.807, 2.05) is 11.9 Å². The summed E-state index contributed by atoms with van der Waals surface area (Å²) >= 11 is 0. The molecule has 2 heterocycles. The van der Waals surface area contributed by atoms with Crippen LogP contribution in [-0.4, -0.2) is 57.5 Å². The van der Waals surface area contributed by atoms with Crippen LogP contribution >= 0.6 is 0 Å². The van der Waals surface area contributed by atoms with Gasteiger partial charge in [0.1, 0.15) is 0 Å². The summed E-state index contributed by atoms with van der Waals surface area (Å²) in [4.78, 5) is 1.98. The minimum Gasteiger partial charge on any atom is -0.381 e. The van der Waals surface area contributed by atoms with Crippen molar-refractivity contribution in [3.63, 3.8) is 0 Å². The molecule has 2 aliphatic heterocycles. The number of halogens is 3. The topological polar surface area (TPSA) is 24.5 Å². The summed E-state index contributed by atoms with van der Waals surface area (Å²) in [6, 6.07) is 0. The van der Waals surface area contributed by atoms with E-state index in [0.29, 0.717) is 19.6 Å². The van der Waals surface area contributed by atoms with Crippen molar-refractivity contribution in [2.24, 2.45) is 11.3 Å². The first-order chi connectivity index (χ1) is 8.95. The molecule has 2 saturated heterocycles. The number of alkyl halides is 3. The highest BCUT2D eigenvalue weighted by Crippen LogP contribution is 2.35. The number of nitrogens with one attached hydrogen (secondary N) is 1. The van der Waals surface area contributed by atoms with Gasteiger partial charge in [0.2, 0.25) is 0 Å². The second-order valence-corrected chi connectivity index (χ2v) is 5.95. The maximum Gasteiger partial charge on any atom is 0.393 e. The number of hydrogen-bond acceptors (Lipinski definition) is 3. The summed E-state index contributed by atoms with van der Waals surface area (Å²) in [5.41, 5.74) is -0.0117.